The Morgan fingerprint density at radius 3 is 2.49 bits per heavy atom. The maximum atomic E-state index is 11.3. The van der Waals surface area contributed by atoms with Gasteiger partial charge in [-0.1, -0.05) is 36.4 Å². The second kappa shape index (κ2) is 10.4. The normalized spacial score (nSPS) is 11.3. The molecule has 4 aromatic rings. The maximum absolute atomic E-state index is 11.3. The summed E-state index contributed by atoms with van der Waals surface area (Å²) in [6.45, 7) is 5.43. The van der Waals surface area contributed by atoms with Crippen LogP contribution in [0.5, 0.6) is 11.6 Å². The molecule has 7 heteroatoms. The smallest absolute Gasteiger partial charge is 0.347 e. The van der Waals surface area contributed by atoms with Gasteiger partial charge in [0.15, 0.2) is 0 Å². The van der Waals surface area contributed by atoms with E-state index in [1.165, 1.54) is 13.8 Å². The van der Waals surface area contributed by atoms with E-state index in [1.807, 2.05) is 67.6 Å². The molecule has 0 amide bonds. The minimum atomic E-state index is -1.37. The predicted molar refractivity (Wildman–Crippen MR) is 133 cm³/mol. The molecule has 0 spiro atoms. The summed E-state index contributed by atoms with van der Waals surface area (Å²) in [5, 5.41) is 9.29. The predicted octanol–water partition coefficient (Wildman–Crippen LogP) is 5.97. The quantitative estimate of drug-likeness (QED) is 0.284. The lowest BCUT2D eigenvalue weighted by atomic mass is 10.1. The molecular weight excluding hydrogens is 444 g/mol. The first-order valence-electron chi connectivity index (χ1n) is 11.5. The molecule has 2 aromatic carbocycles. The molecule has 4 rings (SSSR count). The van der Waals surface area contributed by atoms with Crippen molar-refractivity contribution in [2.45, 2.75) is 39.2 Å². The topological polar surface area (TPSA) is 94.7 Å². The van der Waals surface area contributed by atoms with E-state index < -0.39 is 11.6 Å². The molecule has 0 atom stereocenters. The number of carboxylic acid groups (broad SMARTS) is 1. The van der Waals surface area contributed by atoms with E-state index in [0.717, 1.165) is 41.2 Å². The third-order valence-corrected chi connectivity index (χ3v) is 5.47. The number of aryl methyl sites for hydroxylation is 2. The zero-order valence-electron chi connectivity index (χ0n) is 20.0. The number of hydrogen-bond donors (Lipinski definition) is 1. The first-order chi connectivity index (χ1) is 16.8. The summed E-state index contributed by atoms with van der Waals surface area (Å²) in [6, 6.07) is 22.7. The molecular formula is C28H28N2O5. The van der Waals surface area contributed by atoms with Crippen LogP contribution < -0.4 is 9.47 Å². The second-order valence-corrected chi connectivity index (χ2v) is 8.65. The van der Waals surface area contributed by atoms with Gasteiger partial charge in [0.25, 0.3) is 0 Å². The molecule has 35 heavy (non-hydrogen) atoms. The number of nitrogens with zero attached hydrogens (tertiary/aromatic N) is 2. The molecule has 0 fully saturated rings. The Hall–Kier alpha value is -4.13. The Balaban J connectivity index is 1.36. The molecule has 2 heterocycles. The monoisotopic (exact) mass is 472 g/mol. The third kappa shape index (κ3) is 6.06. The van der Waals surface area contributed by atoms with Gasteiger partial charge < -0.3 is 19.0 Å². The van der Waals surface area contributed by atoms with Gasteiger partial charge in [-0.25, -0.2) is 14.8 Å². The molecule has 0 radical (unpaired) electrons. The fraction of sp³-hybridized carbons (Fsp3) is 0.250. The lowest BCUT2D eigenvalue weighted by Crippen LogP contribution is -2.38. The Bertz CT molecular complexity index is 1300. The van der Waals surface area contributed by atoms with Gasteiger partial charge in [-0.15, -0.1) is 0 Å². The summed E-state index contributed by atoms with van der Waals surface area (Å²) < 4.78 is 17.4. The van der Waals surface area contributed by atoms with Gasteiger partial charge in [-0.05, 0) is 63.9 Å². The average Bonchev–Trinajstić information content (AvgIpc) is 3.23. The molecule has 0 aliphatic carbocycles. The zero-order valence-corrected chi connectivity index (χ0v) is 20.0. The highest BCUT2D eigenvalue weighted by atomic mass is 16.5. The van der Waals surface area contributed by atoms with E-state index in [4.69, 9.17) is 13.9 Å². The number of ether oxygens (including phenoxy) is 2. The van der Waals surface area contributed by atoms with Crippen molar-refractivity contribution in [1.29, 1.82) is 0 Å². The number of oxazole rings is 1. The Morgan fingerprint density at radius 2 is 1.71 bits per heavy atom. The van der Waals surface area contributed by atoms with Crippen molar-refractivity contribution in [2.24, 2.45) is 0 Å². The summed E-state index contributed by atoms with van der Waals surface area (Å²) >= 11 is 0. The van der Waals surface area contributed by atoms with Crippen molar-refractivity contribution in [2.75, 3.05) is 6.61 Å². The summed E-state index contributed by atoms with van der Waals surface area (Å²) in [5.41, 5.74) is 2.04. The number of benzene rings is 2. The summed E-state index contributed by atoms with van der Waals surface area (Å²) in [5.74, 6) is 1.38. The Morgan fingerprint density at radius 1 is 0.971 bits per heavy atom. The van der Waals surface area contributed by atoms with E-state index >= 15 is 0 Å². The first kappa shape index (κ1) is 24.0. The van der Waals surface area contributed by atoms with Crippen LogP contribution in [-0.2, 0) is 11.2 Å². The van der Waals surface area contributed by atoms with E-state index in [-0.39, 0.29) is 5.88 Å². The molecule has 0 saturated carbocycles. The fourth-order valence-electron chi connectivity index (χ4n) is 3.48. The number of carbonyl (C=O) groups is 1. The van der Waals surface area contributed by atoms with Crippen molar-refractivity contribution in [3.8, 4) is 34.3 Å². The van der Waals surface area contributed by atoms with Crippen molar-refractivity contribution >= 4 is 5.97 Å². The first-order valence-corrected chi connectivity index (χ1v) is 11.5. The lowest BCUT2D eigenvalue weighted by Gasteiger charge is -2.20. The molecule has 1 N–H and O–H groups in total. The van der Waals surface area contributed by atoms with E-state index in [2.05, 4.69) is 9.97 Å². The highest BCUT2D eigenvalue weighted by Gasteiger charge is 2.30. The van der Waals surface area contributed by atoms with Gasteiger partial charge >= 0.3 is 5.97 Å². The van der Waals surface area contributed by atoms with Crippen molar-refractivity contribution in [3.63, 3.8) is 0 Å². The van der Waals surface area contributed by atoms with E-state index in [9.17, 15) is 9.90 Å². The van der Waals surface area contributed by atoms with Gasteiger partial charge in [0.05, 0.1) is 18.0 Å². The lowest BCUT2D eigenvalue weighted by molar-refractivity contribution is -0.152. The molecule has 0 aliphatic rings. The van der Waals surface area contributed by atoms with Crippen LogP contribution in [0.4, 0.5) is 0 Å². The molecule has 180 valence electrons. The van der Waals surface area contributed by atoms with Crippen LogP contribution in [0, 0.1) is 6.92 Å². The summed E-state index contributed by atoms with van der Waals surface area (Å²) in [4.78, 5) is 20.5. The highest BCUT2D eigenvalue weighted by Crippen LogP contribution is 2.26. The van der Waals surface area contributed by atoms with Crippen LogP contribution in [-0.4, -0.2) is 33.3 Å². The molecule has 2 aromatic heterocycles. The molecule has 0 aliphatic heterocycles. The largest absolute Gasteiger partial charge is 0.494 e. The van der Waals surface area contributed by atoms with Gasteiger partial charge in [0, 0.05) is 17.2 Å². The van der Waals surface area contributed by atoms with Crippen LogP contribution in [0.2, 0.25) is 0 Å². The molecule has 7 nitrogen and oxygen atoms in total. The molecule has 0 bridgehead atoms. The van der Waals surface area contributed by atoms with Crippen molar-refractivity contribution in [3.05, 3.63) is 84.3 Å². The van der Waals surface area contributed by atoms with Crippen LogP contribution in [0.25, 0.3) is 22.7 Å². The number of hydrogen-bond acceptors (Lipinski definition) is 6. The maximum Gasteiger partial charge on any atom is 0.347 e. The molecule has 0 saturated heterocycles. The van der Waals surface area contributed by atoms with Gasteiger partial charge in [0.1, 0.15) is 11.5 Å². The number of rotatable bonds is 10. The van der Waals surface area contributed by atoms with Crippen LogP contribution >= 0.6 is 0 Å². The fourth-order valence-corrected chi connectivity index (χ4v) is 3.48. The minimum Gasteiger partial charge on any atom is -0.494 e. The number of aliphatic carboxylic acids is 1. The van der Waals surface area contributed by atoms with Gasteiger partial charge in [-0.3, -0.25) is 0 Å². The van der Waals surface area contributed by atoms with Crippen molar-refractivity contribution in [1.82, 2.24) is 9.97 Å². The SMILES string of the molecule is Cc1oc(-c2ccccc2)nc1CCCOc1cccc(-c2cccc(OC(C)(C)C(=O)O)n2)c1. The molecule has 0 unspecified atom stereocenters. The zero-order chi connectivity index (χ0) is 24.8. The van der Waals surface area contributed by atoms with E-state index in [1.54, 1.807) is 12.1 Å². The highest BCUT2D eigenvalue weighted by molar-refractivity contribution is 5.76. The number of carboxylic acids is 1. The standard InChI is InChI=1S/C28H28N2O5/c1-19-23(30-26(34-19)20-10-5-4-6-11-20)15-9-17-33-22-13-7-12-21(18-22)24-14-8-16-25(29-24)35-28(2,3)27(31)32/h4-8,10-14,16,18H,9,15,17H2,1-3H3,(H,31,32). The minimum absolute atomic E-state index is 0.249. The van der Waals surface area contributed by atoms with Crippen LogP contribution in [0.1, 0.15) is 31.7 Å². The van der Waals surface area contributed by atoms with Crippen LogP contribution in [0.3, 0.4) is 0 Å². The number of pyridine rings is 1. The average molecular weight is 473 g/mol. The number of aromatic nitrogens is 2. The summed E-state index contributed by atoms with van der Waals surface area (Å²) in [6.07, 6.45) is 1.54. The Kier molecular flexibility index (Phi) is 7.15. The Labute approximate surface area is 204 Å². The van der Waals surface area contributed by atoms with Crippen molar-refractivity contribution < 1.29 is 23.8 Å². The van der Waals surface area contributed by atoms with E-state index in [0.29, 0.717) is 18.2 Å². The van der Waals surface area contributed by atoms with Gasteiger partial charge in [0.2, 0.25) is 17.4 Å². The van der Waals surface area contributed by atoms with Gasteiger partial charge in [-0.2, -0.15) is 0 Å². The third-order valence-electron chi connectivity index (χ3n) is 5.47. The summed E-state index contributed by atoms with van der Waals surface area (Å²) in [7, 11) is 0. The van der Waals surface area contributed by atoms with Crippen LogP contribution in [0.15, 0.2) is 77.2 Å². The second-order valence-electron chi connectivity index (χ2n) is 8.65.